The van der Waals surface area contributed by atoms with Crippen LogP contribution in [0.1, 0.15) is 20.8 Å². The van der Waals surface area contributed by atoms with Crippen LogP contribution in [-0.2, 0) is 90.9 Å². The zero-order valence-electron chi connectivity index (χ0n) is 45.5. The van der Waals surface area contributed by atoms with E-state index in [-0.39, 0.29) is 13.2 Å². The maximum absolute atomic E-state index is 12.7. The fourth-order valence-corrected chi connectivity index (χ4v) is 12.2. The molecular formula is C47H78O35S2. The van der Waals surface area contributed by atoms with Gasteiger partial charge in [-0.15, -0.1) is 0 Å². The molecule has 28 atom stereocenters. The van der Waals surface area contributed by atoms with Gasteiger partial charge < -0.3 is 124 Å². The number of rotatable bonds is 28. The molecule has 16 N–H and O–H groups in total. The van der Waals surface area contributed by atoms with E-state index in [4.69, 9.17) is 52.1 Å². The van der Waals surface area contributed by atoms with Crippen molar-refractivity contribution in [1.29, 1.82) is 0 Å². The number of aliphatic hydroxyl groups excluding tert-OH is 12. The van der Waals surface area contributed by atoms with Gasteiger partial charge in [0.1, 0.15) is 85.5 Å². The Balaban J connectivity index is 1.10. The third-order valence-corrected chi connectivity index (χ3v) is 16.8. The van der Waals surface area contributed by atoms with Crippen LogP contribution in [0.25, 0.3) is 0 Å². The van der Waals surface area contributed by atoms with Crippen molar-refractivity contribution in [3.05, 3.63) is 11.8 Å². The molecule has 6 aliphatic heterocycles. The van der Waals surface area contributed by atoms with Crippen LogP contribution >= 0.6 is 0 Å². The summed E-state index contributed by atoms with van der Waals surface area (Å²) in [5.41, 5.74) is 0. The van der Waals surface area contributed by atoms with Gasteiger partial charge in [0.15, 0.2) is 12.2 Å². The lowest BCUT2D eigenvalue weighted by Crippen LogP contribution is -2.60. The molecule has 0 aliphatic carbocycles. The summed E-state index contributed by atoms with van der Waals surface area (Å²) in [4.78, 5) is 24.4. The van der Waals surface area contributed by atoms with E-state index in [1.54, 1.807) is 6.92 Å². The highest BCUT2D eigenvalue weighted by molar-refractivity contribution is 7.81. The molecule has 0 spiro atoms. The van der Waals surface area contributed by atoms with Crippen LogP contribution in [0.5, 0.6) is 0 Å². The second-order valence-electron chi connectivity index (χ2n) is 21.5. The van der Waals surface area contributed by atoms with Crippen LogP contribution in [0.2, 0.25) is 0 Å². The Hall–Kier alpha value is -2.66. The van der Waals surface area contributed by atoms with Crippen molar-refractivity contribution < 1.29 is 167 Å². The molecular weight excluding hydrogens is 1190 g/mol. The van der Waals surface area contributed by atoms with Gasteiger partial charge in [0, 0.05) is 29.6 Å². The van der Waals surface area contributed by atoms with Crippen molar-refractivity contribution in [2.45, 2.75) is 161 Å². The van der Waals surface area contributed by atoms with E-state index in [0.717, 1.165) is 6.08 Å². The molecule has 5 fully saturated rings. The van der Waals surface area contributed by atoms with Gasteiger partial charge in [0.25, 0.3) is 0 Å². The first-order chi connectivity index (χ1) is 39.4. The van der Waals surface area contributed by atoms with E-state index in [0.29, 0.717) is 0 Å². The van der Waals surface area contributed by atoms with Gasteiger partial charge in [0.05, 0.1) is 122 Å². The lowest BCUT2D eigenvalue weighted by Gasteiger charge is -2.45. The predicted octanol–water partition coefficient (Wildman–Crippen LogP) is -8.53. The lowest BCUT2D eigenvalue weighted by atomic mass is 9.79. The van der Waals surface area contributed by atoms with Crippen molar-refractivity contribution in [3.63, 3.8) is 0 Å². The number of ether oxygens (including phenoxy) is 11. The van der Waals surface area contributed by atoms with E-state index in [1.807, 2.05) is 0 Å². The maximum Gasteiger partial charge on any atom is 0.397 e. The number of carboxylic acid groups (broad SMARTS) is 2. The van der Waals surface area contributed by atoms with Crippen molar-refractivity contribution in [2.24, 2.45) is 29.6 Å². The number of aliphatic carboxylic acids is 2. The van der Waals surface area contributed by atoms with Gasteiger partial charge in [0.2, 0.25) is 5.76 Å². The monoisotopic (exact) mass is 1270 g/mol. The van der Waals surface area contributed by atoms with Crippen LogP contribution in [-0.4, -0.2) is 329 Å². The Kier molecular flexibility index (Phi) is 25.7. The molecule has 6 aliphatic rings. The van der Waals surface area contributed by atoms with Crippen molar-refractivity contribution in [3.8, 4) is 0 Å². The smallest absolute Gasteiger partial charge is 0.397 e. The average Bonchev–Trinajstić information content (AvgIpc) is 3.61. The second-order valence-corrected chi connectivity index (χ2v) is 23.6. The molecule has 488 valence electrons. The van der Waals surface area contributed by atoms with E-state index >= 15 is 0 Å². The number of hydrogen-bond acceptors (Lipinski definition) is 31. The first-order valence-electron chi connectivity index (χ1n) is 26.7. The Morgan fingerprint density at radius 3 is 1.27 bits per heavy atom. The molecule has 0 aromatic heterocycles. The van der Waals surface area contributed by atoms with Crippen LogP contribution in [0, 0.1) is 29.6 Å². The van der Waals surface area contributed by atoms with Crippen molar-refractivity contribution >= 4 is 32.7 Å². The van der Waals surface area contributed by atoms with Gasteiger partial charge in [-0.1, -0.05) is 0 Å². The van der Waals surface area contributed by atoms with Gasteiger partial charge in [-0.3, -0.25) is 9.11 Å². The number of aliphatic hydroxyl groups is 12. The Bertz CT molecular complexity index is 2350. The third kappa shape index (κ3) is 17.8. The molecule has 0 saturated carbocycles. The minimum atomic E-state index is -5.19. The Morgan fingerprint density at radius 1 is 0.429 bits per heavy atom. The van der Waals surface area contributed by atoms with Crippen LogP contribution < -0.4 is 0 Å². The predicted molar refractivity (Wildman–Crippen MR) is 267 cm³/mol. The fraction of sp³-hybridized carbons (Fsp3) is 0.915. The first kappa shape index (κ1) is 70.4. The van der Waals surface area contributed by atoms with E-state index in [1.165, 1.54) is 13.8 Å². The van der Waals surface area contributed by atoms with E-state index in [2.05, 4.69) is 8.37 Å². The number of hydrogen-bond donors (Lipinski definition) is 16. The summed E-state index contributed by atoms with van der Waals surface area (Å²) < 4.78 is 137. The molecule has 0 bridgehead atoms. The second kappa shape index (κ2) is 30.7. The molecule has 5 saturated heterocycles. The molecule has 0 aromatic rings. The molecule has 37 heteroatoms. The Labute approximate surface area is 480 Å². The zero-order chi connectivity index (χ0) is 62.3. The highest BCUT2D eigenvalue weighted by Crippen LogP contribution is 2.37. The lowest BCUT2D eigenvalue weighted by molar-refractivity contribution is -0.244. The number of carboxylic acids is 2. The molecule has 84 heavy (non-hydrogen) atoms. The standard InChI is InChI=1S/C47H78O35S2/c1-17-20(22(36(53)27(5-48)75-17)9-72-15-32-41(58)44(81-83(64,65)66)34(51)18(2)76-32)7-70-14-31-40(57)38(55)24(43(80-31)47(62)63)11-74-12-29-21(8-71-13-30-39(56)25(50)4-26(78-30)46(60)61)23(37(54)28(6-49)79-29)10-73-16-33-42(59)45(82-84(67,68)69)35(52)19(3)77-33/h4,17-25,27-45,48-59H,5-16H2,1-3H3,(H,60,61)(H,62,63)(H,64,65,66)(H,67,68,69)/t17?,18?,19?,20?,21?,22?,23?,24-,25?,27?,28?,29?,30?,31?,32?,33?,34+,35+,36-,37-,38?,39?,40?,41?,42?,43?,44?,45?/m1/s1. The average molecular weight is 1270 g/mol. The minimum absolute atomic E-state index is 0.294. The highest BCUT2D eigenvalue weighted by atomic mass is 32.3. The van der Waals surface area contributed by atoms with E-state index in [9.17, 15) is 107 Å². The normalized spacial score (nSPS) is 43.3. The summed E-state index contributed by atoms with van der Waals surface area (Å²) in [5, 5.41) is 149. The quantitative estimate of drug-likeness (QED) is 0.0324. The molecule has 6 heterocycles. The first-order valence-corrected chi connectivity index (χ1v) is 29.4. The topological polar surface area (TPSA) is 546 Å². The summed E-state index contributed by atoms with van der Waals surface area (Å²) >= 11 is 0. The summed E-state index contributed by atoms with van der Waals surface area (Å²) in [7, 11) is -10.3. The largest absolute Gasteiger partial charge is 0.479 e. The van der Waals surface area contributed by atoms with Gasteiger partial charge in [-0.25, -0.2) is 18.0 Å². The highest BCUT2D eigenvalue weighted by Gasteiger charge is 2.52. The molecule has 35 nitrogen and oxygen atoms in total. The van der Waals surface area contributed by atoms with Gasteiger partial charge in [-0.2, -0.15) is 16.8 Å². The maximum atomic E-state index is 12.7. The van der Waals surface area contributed by atoms with Gasteiger partial charge in [-0.05, 0) is 26.8 Å². The van der Waals surface area contributed by atoms with E-state index < -0.39 is 275 Å². The zero-order valence-corrected chi connectivity index (χ0v) is 47.1. The number of carbonyl (C=O) groups is 2. The van der Waals surface area contributed by atoms with Crippen LogP contribution in [0.4, 0.5) is 0 Å². The molecule has 0 amide bonds. The van der Waals surface area contributed by atoms with Gasteiger partial charge >= 0.3 is 32.7 Å². The molecule has 0 radical (unpaired) electrons. The third-order valence-electron chi connectivity index (χ3n) is 15.9. The summed E-state index contributed by atoms with van der Waals surface area (Å²) in [6, 6.07) is 0. The van der Waals surface area contributed by atoms with Crippen molar-refractivity contribution in [2.75, 3.05) is 79.3 Å². The van der Waals surface area contributed by atoms with Crippen LogP contribution in [0.15, 0.2) is 11.8 Å². The molecule has 6 rings (SSSR count). The SMILES string of the molecule is CC1OC(CO)[C@H](O)C(COCC2OC(C)[C@H](O)C(OS(=O)(=O)O)C2O)C1COCC1OC(C(=O)O)[C@H](COCC2OC(CO)[C@H](O)C(COCC3OC(C)[C@H](O)C(OS(=O)(=O)O)C3O)C2COCC2OC(C(=O)O)=CC(O)C2O)C(O)C1O. The molecule has 23 unspecified atom stereocenters. The summed E-state index contributed by atoms with van der Waals surface area (Å²) in [6.07, 6.45) is -34.6. The van der Waals surface area contributed by atoms with Crippen LogP contribution in [0.3, 0.4) is 0 Å². The summed E-state index contributed by atoms with van der Waals surface area (Å²) in [5.74, 6) is -9.29. The Morgan fingerprint density at radius 2 is 0.821 bits per heavy atom. The minimum Gasteiger partial charge on any atom is -0.479 e. The fourth-order valence-electron chi connectivity index (χ4n) is 11.2. The van der Waals surface area contributed by atoms with Crippen molar-refractivity contribution in [1.82, 2.24) is 0 Å². The molecule has 0 aromatic carbocycles. The summed E-state index contributed by atoms with van der Waals surface area (Å²) in [6.45, 7) is -2.15.